The molecule has 1 aliphatic heterocycles. The van der Waals surface area contributed by atoms with Crippen LogP contribution < -0.4 is 21.7 Å². The van der Waals surface area contributed by atoms with Crippen molar-refractivity contribution in [1.29, 1.82) is 0 Å². The number of piperidine rings is 1. The van der Waals surface area contributed by atoms with Crippen LogP contribution in [0.5, 0.6) is 0 Å². The largest absolute Gasteiger partial charge is 0.368 e. The van der Waals surface area contributed by atoms with E-state index in [9.17, 15) is 14.4 Å². The van der Waals surface area contributed by atoms with Crippen molar-refractivity contribution in [2.24, 2.45) is 11.8 Å². The number of amides is 3. The lowest BCUT2D eigenvalue weighted by Gasteiger charge is -2.28. The van der Waals surface area contributed by atoms with E-state index in [2.05, 4.69) is 25.9 Å². The van der Waals surface area contributed by atoms with Crippen LogP contribution in [0.3, 0.4) is 0 Å². The van der Waals surface area contributed by atoms with Gasteiger partial charge in [-0.1, -0.05) is 6.92 Å². The summed E-state index contributed by atoms with van der Waals surface area (Å²) in [6.45, 7) is 4.30. The normalized spacial score (nSPS) is 21.5. The van der Waals surface area contributed by atoms with Crippen LogP contribution in [-0.4, -0.2) is 46.8 Å². The molecule has 0 spiro atoms. The molecule has 2 heterocycles. The van der Waals surface area contributed by atoms with Gasteiger partial charge in [0.2, 0.25) is 17.8 Å². The maximum absolute atomic E-state index is 12.2. The molecule has 3 amide bonds. The molecule has 2 rings (SSSR count). The Morgan fingerprint density at radius 1 is 1.42 bits per heavy atom. The van der Waals surface area contributed by atoms with E-state index in [4.69, 9.17) is 5.73 Å². The highest BCUT2D eigenvalue weighted by molar-refractivity contribution is 5.93. The minimum Gasteiger partial charge on any atom is -0.368 e. The van der Waals surface area contributed by atoms with E-state index in [1.165, 1.54) is 12.4 Å². The quantitative estimate of drug-likeness (QED) is 0.548. The molecule has 1 aliphatic rings. The molecule has 0 radical (unpaired) electrons. The molecular formula is C15H22N6O3. The van der Waals surface area contributed by atoms with Crippen LogP contribution in [0.1, 0.15) is 30.6 Å². The number of carbonyl (C=O) groups is 3. The van der Waals surface area contributed by atoms with Crippen LogP contribution in [0, 0.1) is 11.8 Å². The topological polar surface area (TPSA) is 139 Å². The monoisotopic (exact) mass is 334 g/mol. The SMILES string of the molecule is CC(CNC(=O)C1CNC(=O)CC1C)NC(=O)c1cnc(N)nc1. The fourth-order valence-electron chi connectivity index (χ4n) is 2.48. The van der Waals surface area contributed by atoms with Gasteiger partial charge in [-0.25, -0.2) is 9.97 Å². The number of carbonyl (C=O) groups excluding carboxylic acids is 3. The number of anilines is 1. The number of hydrogen-bond acceptors (Lipinski definition) is 6. The third-order valence-corrected chi connectivity index (χ3v) is 3.94. The molecule has 0 bridgehead atoms. The van der Waals surface area contributed by atoms with Gasteiger partial charge >= 0.3 is 0 Å². The zero-order chi connectivity index (χ0) is 17.7. The molecule has 24 heavy (non-hydrogen) atoms. The Kier molecular flexibility index (Phi) is 5.67. The Hall–Kier alpha value is -2.71. The van der Waals surface area contributed by atoms with E-state index in [1.807, 2.05) is 6.92 Å². The number of nitrogens with zero attached hydrogens (tertiary/aromatic N) is 2. The second kappa shape index (κ2) is 7.71. The summed E-state index contributed by atoms with van der Waals surface area (Å²) in [5.41, 5.74) is 5.67. The summed E-state index contributed by atoms with van der Waals surface area (Å²) in [6.07, 6.45) is 3.03. The first-order chi connectivity index (χ1) is 11.4. The van der Waals surface area contributed by atoms with Crippen LogP contribution in [0.25, 0.3) is 0 Å². The summed E-state index contributed by atoms with van der Waals surface area (Å²) in [4.78, 5) is 43.0. The summed E-state index contributed by atoms with van der Waals surface area (Å²) in [5.74, 6) is -0.653. The van der Waals surface area contributed by atoms with Crippen molar-refractivity contribution < 1.29 is 14.4 Å². The fourth-order valence-corrected chi connectivity index (χ4v) is 2.48. The number of nitrogens with one attached hydrogen (secondary N) is 3. The third-order valence-electron chi connectivity index (χ3n) is 3.94. The second-order valence-corrected chi connectivity index (χ2v) is 6.04. The summed E-state index contributed by atoms with van der Waals surface area (Å²) >= 11 is 0. The molecule has 0 saturated carbocycles. The highest BCUT2D eigenvalue weighted by Crippen LogP contribution is 2.19. The fraction of sp³-hybridized carbons (Fsp3) is 0.533. The Bertz CT molecular complexity index is 618. The molecule has 1 fully saturated rings. The summed E-state index contributed by atoms with van der Waals surface area (Å²) in [7, 11) is 0. The minimum atomic E-state index is -0.338. The standard InChI is InChI=1S/C15H22N6O3/c1-8-3-12(22)17-7-11(8)14(24)18-4-9(2)21-13(23)10-5-19-15(16)20-6-10/h5-6,8-9,11H,3-4,7H2,1-2H3,(H,17,22)(H,18,24)(H,21,23)(H2,16,19,20). The van der Waals surface area contributed by atoms with Crippen molar-refractivity contribution in [3.63, 3.8) is 0 Å². The van der Waals surface area contributed by atoms with Crippen molar-refractivity contribution >= 4 is 23.7 Å². The number of rotatable bonds is 5. The van der Waals surface area contributed by atoms with Gasteiger partial charge in [0.15, 0.2) is 0 Å². The summed E-state index contributed by atoms with van der Waals surface area (Å²) in [6, 6.07) is -0.271. The van der Waals surface area contributed by atoms with Crippen LogP contribution in [0.15, 0.2) is 12.4 Å². The van der Waals surface area contributed by atoms with Gasteiger partial charge in [-0.05, 0) is 12.8 Å². The van der Waals surface area contributed by atoms with Crippen molar-refractivity contribution in [2.75, 3.05) is 18.8 Å². The van der Waals surface area contributed by atoms with E-state index in [-0.39, 0.29) is 48.1 Å². The van der Waals surface area contributed by atoms with E-state index >= 15 is 0 Å². The van der Waals surface area contributed by atoms with Crippen molar-refractivity contribution in [1.82, 2.24) is 25.9 Å². The first-order valence-electron chi connectivity index (χ1n) is 7.79. The van der Waals surface area contributed by atoms with E-state index in [1.54, 1.807) is 6.92 Å². The summed E-state index contributed by atoms with van der Waals surface area (Å²) < 4.78 is 0. The van der Waals surface area contributed by atoms with Crippen LogP contribution in [-0.2, 0) is 9.59 Å². The highest BCUT2D eigenvalue weighted by atomic mass is 16.2. The Morgan fingerprint density at radius 3 is 2.71 bits per heavy atom. The number of nitrogens with two attached hydrogens (primary N) is 1. The number of hydrogen-bond donors (Lipinski definition) is 4. The van der Waals surface area contributed by atoms with Crippen molar-refractivity contribution in [3.8, 4) is 0 Å². The molecule has 9 nitrogen and oxygen atoms in total. The van der Waals surface area contributed by atoms with Crippen molar-refractivity contribution in [3.05, 3.63) is 18.0 Å². The third kappa shape index (κ3) is 4.64. The second-order valence-electron chi connectivity index (χ2n) is 6.04. The van der Waals surface area contributed by atoms with Gasteiger partial charge in [0, 0.05) is 37.9 Å². The van der Waals surface area contributed by atoms with E-state index in [0.717, 1.165) is 0 Å². The number of nitrogen functional groups attached to an aromatic ring is 1. The van der Waals surface area contributed by atoms with Crippen LogP contribution in [0.4, 0.5) is 5.95 Å². The van der Waals surface area contributed by atoms with Gasteiger partial charge in [0.1, 0.15) is 0 Å². The van der Waals surface area contributed by atoms with Gasteiger partial charge in [-0.3, -0.25) is 14.4 Å². The van der Waals surface area contributed by atoms with Gasteiger partial charge in [-0.2, -0.15) is 0 Å². The van der Waals surface area contributed by atoms with Gasteiger partial charge in [-0.15, -0.1) is 0 Å². The average Bonchev–Trinajstić information content (AvgIpc) is 2.53. The molecule has 9 heteroatoms. The lowest BCUT2D eigenvalue weighted by atomic mass is 9.87. The molecule has 5 N–H and O–H groups in total. The van der Waals surface area contributed by atoms with E-state index < -0.39 is 0 Å². The predicted molar refractivity (Wildman–Crippen MR) is 86.7 cm³/mol. The zero-order valence-electron chi connectivity index (χ0n) is 13.7. The molecule has 3 atom stereocenters. The summed E-state index contributed by atoms with van der Waals surface area (Å²) in [5, 5.41) is 8.25. The Balaban J connectivity index is 1.79. The Labute approximate surface area is 139 Å². The van der Waals surface area contributed by atoms with Crippen LogP contribution >= 0.6 is 0 Å². The van der Waals surface area contributed by atoms with Crippen LogP contribution in [0.2, 0.25) is 0 Å². The highest BCUT2D eigenvalue weighted by Gasteiger charge is 2.31. The van der Waals surface area contributed by atoms with E-state index in [0.29, 0.717) is 18.5 Å². The Morgan fingerprint density at radius 2 is 2.08 bits per heavy atom. The first kappa shape index (κ1) is 17.6. The minimum absolute atomic E-state index is 0.00410. The zero-order valence-corrected chi connectivity index (χ0v) is 13.7. The molecule has 0 aliphatic carbocycles. The molecule has 1 saturated heterocycles. The lowest BCUT2D eigenvalue weighted by Crippen LogP contribution is -2.49. The molecular weight excluding hydrogens is 312 g/mol. The molecule has 3 unspecified atom stereocenters. The molecule has 130 valence electrons. The predicted octanol–water partition coefficient (Wildman–Crippen LogP) is -0.934. The van der Waals surface area contributed by atoms with Gasteiger partial charge in [0.05, 0.1) is 11.5 Å². The number of aromatic nitrogens is 2. The molecule has 1 aromatic heterocycles. The van der Waals surface area contributed by atoms with Gasteiger partial charge in [0.25, 0.3) is 5.91 Å². The molecule has 1 aromatic rings. The maximum atomic E-state index is 12.2. The average molecular weight is 334 g/mol. The smallest absolute Gasteiger partial charge is 0.254 e. The maximum Gasteiger partial charge on any atom is 0.254 e. The molecule has 0 aromatic carbocycles. The van der Waals surface area contributed by atoms with Crippen molar-refractivity contribution in [2.45, 2.75) is 26.3 Å². The first-order valence-corrected chi connectivity index (χ1v) is 7.79. The van der Waals surface area contributed by atoms with Gasteiger partial charge < -0.3 is 21.7 Å². The lowest BCUT2D eigenvalue weighted by molar-refractivity contribution is -0.131.